The molecule has 20 heavy (non-hydrogen) atoms. The second kappa shape index (κ2) is 6.54. The summed E-state index contributed by atoms with van der Waals surface area (Å²) in [7, 11) is 1.71. The fourth-order valence-corrected chi connectivity index (χ4v) is 3.78. The van der Waals surface area contributed by atoms with Gasteiger partial charge in [0.25, 0.3) is 0 Å². The van der Waals surface area contributed by atoms with Gasteiger partial charge in [-0.15, -0.1) is 0 Å². The highest BCUT2D eigenvalue weighted by atomic mass is 32.2. The van der Waals surface area contributed by atoms with E-state index in [-0.39, 0.29) is 18.2 Å². The Labute approximate surface area is 125 Å². The van der Waals surface area contributed by atoms with Crippen LogP contribution in [0.4, 0.5) is 4.79 Å². The van der Waals surface area contributed by atoms with E-state index in [1.165, 1.54) is 12.2 Å². The van der Waals surface area contributed by atoms with Crippen LogP contribution in [0.2, 0.25) is 0 Å². The van der Waals surface area contributed by atoms with E-state index < -0.39 is 5.60 Å². The van der Waals surface area contributed by atoms with Gasteiger partial charge in [0.2, 0.25) is 0 Å². The Kier molecular flexibility index (Phi) is 5.20. The van der Waals surface area contributed by atoms with Gasteiger partial charge in [-0.05, 0) is 32.9 Å². The highest BCUT2D eigenvalue weighted by molar-refractivity contribution is 7.99. The summed E-state index contributed by atoms with van der Waals surface area (Å²) in [6.07, 6.45) is 1.00. The minimum Gasteiger partial charge on any atom is -0.444 e. The highest BCUT2D eigenvalue weighted by Gasteiger charge is 2.38. The van der Waals surface area contributed by atoms with Gasteiger partial charge < -0.3 is 19.7 Å². The van der Waals surface area contributed by atoms with Crippen LogP contribution < -0.4 is 5.32 Å². The lowest BCUT2D eigenvalue weighted by molar-refractivity contribution is 0.0252. The van der Waals surface area contributed by atoms with Crippen LogP contribution in [0.1, 0.15) is 27.2 Å². The highest BCUT2D eigenvalue weighted by Crippen LogP contribution is 2.22. The summed E-state index contributed by atoms with van der Waals surface area (Å²) in [5.74, 6) is 2.37. The van der Waals surface area contributed by atoms with Gasteiger partial charge in [-0.25, -0.2) is 4.79 Å². The lowest BCUT2D eigenvalue weighted by atomic mass is 10.1. The van der Waals surface area contributed by atoms with Crippen LogP contribution in [0, 0.1) is 0 Å². The van der Waals surface area contributed by atoms with E-state index in [9.17, 15) is 4.79 Å². The molecule has 6 heteroatoms. The second-order valence-electron chi connectivity index (χ2n) is 6.49. The predicted octanol–water partition coefficient (Wildman–Crippen LogP) is 1.72. The zero-order valence-corrected chi connectivity index (χ0v) is 13.7. The number of ether oxygens (including phenoxy) is 2. The standard InChI is InChI=1S/C14H26N2O3S/c1-14(2,3)19-13(17)16-7-11(12(8-16)18-4)15-10-5-6-20-9-10/h10-12,15H,5-9H2,1-4H3/t10?,11?,12-/m0/s1. The van der Waals surface area contributed by atoms with E-state index in [0.717, 1.165) is 5.75 Å². The first kappa shape index (κ1) is 15.9. The lowest BCUT2D eigenvalue weighted by Crippen LogP contribution is -2.46. The maximum absolute atomic E-state index is 12.1. The largest absolute Gasteiger partial charge is 0.444 e. The van der Waals surface area contributed by atoms with Crippen molar-refractivity contribution in [2.24, 2.45) is 0 Å². The van der Waals surface area contributed by atoms with E-state index >= 15 is 0 Å². The average molecular weight is 302 g/mol. The summed E-state index contributed by atoms with van der Waals surface area (Å²) in [5.41, 5.74) is -0.451. The van der Waals surface area contributed by atoms with Gasteiger partial charge in [0.05, 0.1) is 18.7 Å². The van der Waals surface area contributed by atoms with Crippen molar-refractivity contribution >= 4 is 17.9 Å². The first-order valence-corrected chi connectivity index (χ1v) is 8.39. The maximum atomic E-state index is 12.1. The molecule has 1 N–H and O–H groups in total. The quantitative estimate of drug-likeness (QED) is 0.860. The monoisotopic (exact) mass is 302 g/mol. The minimum absolute atomic E-state index is 0.0492. The van der Waals surface area contributed by atoms with Crippen molar-refractivity contribution in [2.75, 3.05) is 31.7 Å². The molecule has 0 aromatic carbocycles. The molecule has 5 nitrogen and oxygen atoms in total. The first-order valence-electron chi connectivity index (χ1n) is 7.23. The molecule has 0 aromatic rings. The lowest BCUT2D eigenvalue weighted by Gasteiger charge is -2.24. The molecule has 2 aliphatic heterocycles. The smallest absolute Gasteiger partial charge is 0.410 e. The van der Waals surface area contributed by atoms with Crippen molar-refractivity contribution in [3.8, 4) is 0 Å². The van der Waals surface area contributed by atoms with Crippen LogP contribution in [-0.4, -0.2) is 66.5 Å². The molecule has 2 unspecified atom stereocenters. The van der Waals surface area contributed by atoms with Crippen LogP contribution in [0.15, 0.2) is 0 Å². The molecule has 2 rings (SSSR count). The Morgan fingerprint density at radius 3 is 2.65 bits per heavy atom. The van der Waals surface area contributed by atoms with Crippen LogP contribution in [-0.2, 0) is 9.47 Å². The number of rotatable bonds is 3. The Hall–Kier alpha value is -0.460. The van der Waals surface area contributed by atoms with Gasteiger partial charge >= 0.3 is 6.09 Å². The first-order chi connectivity index (χ1) is 9.39. The number of amides is 1. The third kappa shape index (κ3) is 4.27. The van der Waals surface area contributed by atoms with Gasteiger partial charge in [-0.1, -0.05) is 0 Å². The third-order valence-corrected chi connectivity index (χ3v) is 4.76. The van der Waals surface area contributed by atoms with E-state index in [4.69, 9.17) is 9.47 Å². The van der Waals surface area contributed by atoms with E-state index in [0.29, 0.717) is 19.1 Å². The summed E-state index contributed by atoms with van der Waals surface area (Å²) in [6, 6.07) is 0.748. The number of hydrogen-bond acceptors (Lipinski definition) is 5. The number of methoxy groups -OCH3 is 1. The van der Waals surface area contributed by atoms with E-state index in [1.807, 2.05) is 32.5 Å². The molecule has 3 atom stereocenters. The van der Waals surface area contributed by atoms with Gasteiger partial charge in [0, 0.05) is 25.4 Å². The van der Waals surface area contributed by atoms with E-state index in [1.54, 1.807) is 12.0 Å². The zero-order chi connectivity index (χ0) is 14.8. The van der Waals surface area contributed by atoms with Crippen molar-refractivity contribution in [3.05, 3.63) is 0 Å². The van der Waals surface area contributed by atoms with E-state index in [2.05, 4.69) is 5.32 Å². The van der Waals surface area contributed by atoms with Crippen LogP contribution in [0.3, 0.4) is 0 Å². The molecule has 0 radical (unpaired) electrons. The molecule has 1 amide bonds. The fourth-order valence-electron chi connectivity index (χ4n) is 2.62. The summed E-state index contributed by atoms with van der Waals surface area (Å²) in [6.45, 7) is 6.93. The molecular formula is C14H26N2O3S. The maximum Gasteiger partial charge on any atom is 0.410 e. The fraction of sp³-hybridized carbons (Fsp3) is 0.929. The summed E-state index contributed by atoms with van der Waals surface area (Å²) in [4.78, 5) is 13.9. The number of nitrogens with one attached hydrogen (secondary N) is 1. The normalized spacial score (nSPS) is 30.8. The van der Waals surface area contributed by atoms with Gasteiger partial charge in [-0.3, -0.25) is 0 Å². The van der Waals surface area contributed by atoms with Crippen molar-refractivity contribution in [1.82, 2.24) is 10.2 Å². The van der Waals surface area contributed by atoms with Gasteiger partial charge in [-0.2, -0.15) is 11.8 Å². The summed E-state index contributed by atoms with van der Waals surface area (Å²) >= 11 is 1.98. The Balaban J connectivity index is 1.89. The Morgan fingerprint density at radius 2 is 2.10 bits per heavy atom. The van der Waals surface area contributed by atoms with Crippen molar-refractivity contribution in [3.63, 3.8) is 0 Å². The number of carbonyl (C=O) groups excluding carboxylic acids is 1. The molecule has 0 aliphatic carbocycles. The topological polar surface area (TPSA) is 50.8 Å². The summed E-state index contributed by atoms with van der Waals surface area (Å²) in [5, 5.41) is 3.63. The number of carbonyl (C=O) groups is 1. The molecule has 0 spiro atoms. The van der Waals surface area contributed by atoms with Gasteiger partial charge in [0.1, 0.15) is 5.60 Å². The molecule has 0 saturated carbocycles. The average Bonchev–Trinajstić information content (AvgIpc) is 2.96. The predicted molar refractivity (Wildman–Crippen MR) is 81.3 cm³/mol. The molecule has 0 bridgehead atoms. The Bertz CT molecular complexity index is 340. The van der Waals surface area contributed by atoms with Crippen LogP contribution in [0.5, 0.6) is 0 Å². The Morgan fingerprint density at radius 1 is 1.35 bits per heavy atom. The summed E-state index contributed by atoms with van der Waals surface area (Å²) < 4.78 is 11.0. The molecule has 2 fully saturated rings. The SMILES string of the molecule is CO[C@H]1CN(C(=O)OC(C)(C)C)CC1NC1CCSC1. The number of nitrogens with zero attached hydrogens (tertiary/aromatic N) is 1. The van der Waals surface area contributed by atoms with Crippen molar-refractivity contribution in [1.29, 1.82) is 0 Å². The minimum atomic E-state index is -0.451. The molecule has 2 heterocycles. The van der Waals surface area contributed by atoms with Crippen LogP contribution >= 0.6 is 11.8 Å². The van der Waals surface area contributed by atoms with Crippen molar-refractivity contribution in [2.45, 2.75) is 51.0 Å². The number of hydrogen-bond donors (Lipinski definition) is 1. The van der Waals surface area contributed by atoms with Crippen LogP contribution in [0.25, 0.3) is 0 Å². The third-order valence-electron chi connectivity index (χ3n) is 3.60. The zero-order valence-electron chi connectivity index (χ0n) is 12.8. The molecular weight excluding hydrogens is 276 g/mol. The molecule has 2 saturated heterocycles. The molecule has 116 valence electrons. The van der Waals surface area contributed by atoms with Gasteiger partial charge in [0.15, 0.2) is 0 Å². The number of likely N-dealkylation sites (tertiary alicyclic amines) is 1. The second-order valence-corrected chi connectivity index (χ2v) is 7.64. The molecule has 2 aliphatic rings. The molecule has 0 aromatic heterocycles. The number of thioether (sulfide) groups is 1. The van der Waals surface area contributed by atoms with Crippen molar-refractivity contribution < 1.29 is 14.3 Å².